The molecule has 12 nitrogen and oxygen atoms in total. The van der Waals surface area contributed by atoms with Gasteiger partial charge in [0.25, 0.3) is 0 Å². The van der Waals surface area contributed by atoms with Crippen molar-refractivity contribution in [3.63, 3.8) is 0 Å². The molecule has 0 bridgehead atoms. The number of carbonyl (C=O) groups excluding carboxylic acids is 2. The second-order valence-electron chi connectivity index (χ2n) is 16.7. The molecule has 9 N–H and O–H groups in total. The molecule has 0 aromatic carbocycles. The fraction of sp³-hybridized carbons (Fsp3) is 0.891. The first kappa shape index (κ1) is 58.9. The number of rotatable bonds is 42. The van der Waals surface area contributed by atoms with Gasteiger partial charge in [0, 0.05) is 71.7 Å². The van der Waals surface area contributed by atoms with Gasteiger partial charge < -0.3 is 52.3 Å². The number of nitrogens with zero attached hydrogens (tertiary/aromatic N) is 1. The number of carbonyl (C=O) groups is 2. The molecule has 0 aliphatic rings. The number of amides is 2. The van der Waals surface area contributed by atoms with Crippen LogP contribution < -0.4 is 37.2 Å². The Morgan fingerprint density at radius 3 is 1.07 bits per heavy atom. The first-order chi connectivity index (χ1) is 29.6. The zero-order valence-corrected chi connectivity index (χ0v) is 41.4. The highest BCUT2D eigenvalue weighted by molar-refractivity contribution is 7.80. The van der Waals surface area contributed by atoms with E-state index in [1.807, 2.05) is 4.90 Å². The second kappa shape index (κ2) is 44.5. The van der Waals surface area contributed by atoms with Crippen LogP contribution >= 0.6 is 36.7 Å². The minimum Gasteiger partial charge on any atom is -0.391 e. The SMILES string of the molecule is CCCCCCCCCCCCCCN(CCCCCCCCCCCCCC)C(=O)CCC(=O)NCCNC(=S)NCCNC(=S)NCCNC(=S)NCCC(O)C(C)O. The van der Waals surface area contributed by atoms with E-state index in [9.17, 15) is 19.8 Å². The maximum atomic E-state index is 13.3. The van der Waals surface area contributed by atoms with Crippen LogP contribution in [0.25, 0.3) is 0 Å². The van der Waals surface area contributed by atoms with Crippen LogP contribution in [0.2, 0.25) is 0 Å². The molecule has 0 saturated heterocycles. The third kappa shape index (κ3) is 41.7. The summed E-state index contributed by atoms with van der Waals surface area (Å²) < 4.78 is 0. The van der Waals surface area contributed by atoms with Crippen LogP contribution in [0.4, 0.5) is 0 Å². The highest BCUT2D eigenvalue weighted by Crippen LogP contribution is 2.15. The molecule has 358 valence electrons. The van der Waals surface area contributed by atoms with Crippen molar-refractivity contribution in [3.8, 4) is 0 Å². The van der Waals surface area contributed by atoms with Crippen molar-refractivity contribution in [1.82, 2.24) is 42.1 Å². The lowest BCUT2D eigenvalue weighted by Gasteiger charge is -2.23. The topological polar surface area (TPSA) is 162 Å². The Balaban J connectivity index is 4.25. The average molecular weight is 917 g/mol. The molecule has 0 heterocycles. The molecule has 0 saturated carbocycles. The van der Waals surface area contributed by atoms with Crippen molar-refractivity contribution in [1.29, 1.82) is 0 Å². The highest BCUT2D eigenvalue weighted by Gasteiger charge is 2.15. The summed E-state index contributed by atoms with van der Waals surface area (Å²) in [5.41, 5.74) is 0. The number of hydrogen-bond acceptors (Lipinski definition) is 7. The Hall–Kier alpha value is -2.07. The van der Waals surface area contributed by atoms with E-state index in [-0.39, 0.29) is 24.7 Å². The fourth-order valence-corrected chi connectivity index (χ4v) is 7.57. The largest absolute Gasteiger partial charge is 0.391 e. The van der Waals surface area contributed by atoms with Crippen LogP contribution in [0.15, 0.2) is 0 Å². The van der Waals surface area contributed by atoms with E-state index in [0.717, 1.165) is 25.9 Å². The average Bonchev–Trinajstić information content (AvgIpc) is 3.24. The van der Waals surface area contributed by atoms with E-state index in [4.69, 9.17) is 36.7 Å². The molecule has 2 atom stereocenters. The summed E-state index contributed by atoms with van der Waals surface area (Å²) in [6.45, 7) is 11.3. The highest BCUT2D eigenvalue weighted by atomic mass is 32.1. The molecule has 0 aliphatic carbocycles. The van der Waals surface area contributed by atoms with E-state index >= 15 is 0 Å². The molecule has 0 aromatic rings. The smallest absolute Gasteiger partial charge is 0.223 e. The maximum absolute atomic E-state index is 13.3. The van der Waals surface area contributed by atoms with Crippen LogP contribution in [0.3, 0.4) is 0 Å². The first-order valence-corrected chi connectivity index (χ1v) is 25.8. The third-order valence-corrected chi connectivity index (χ3v) is 11.8. The van der Waals surface area contributed by atoms with Crippen molar-refractivity contribution < 1.29 is 19.8 Å². The van der Waals surface area contributed by atoms with Gasteiger partial charge >= 0.3 is 0 Å². The van der Waals surface area contributed by atoms with Gasteiger partial charge in [-0.25, -0.2) is 0 Å². The summed E-state index contributed by atoms with van der Waals surface area (Å²) in [6, 6.07) is 0. The molecule has 15 heteroatoms. The van der Waals surface area contributed by atoms with Gasteiger partial charge in [-0.2, -0.15) is 0 Å². The maximum Gasteiger partial charge on any atom is 0.223 e. The summed E-state index contributed by atoms with van der Waals surface area (Å²) in [7, 11) is 0. The van der Waals surface area contributed by atoms with Gasteiger partial charge in [0.05, 0.1) is 12.2 Å². The Morgan fingerprint density at radius 1 is 0.443 bits per heavy atom. The summed E-state index contributed by atoms with van der Waals surface area (Å²) in [5, 5.41) is 41.8. The van der Waals surface area contributed by atoms with Crippen LogP contribution in [0, 0.1) is 0 Å². The minimum absolute atomic E-state index is 0.101. The quantitative estimate of drug-likeness (QED) is 0.0217. The Morgan fingerprint density at radius 2 is 0.738 bits per heavy atom. The van der Waals surface area contributed by atoms with Crippen molar-refractivity contribution in [2.24, 2.45) is 0 Å². The van der Waals surface area contributed by atoms with Gasteiger partial charge in [-0.1, -0.05) is 155 Å². The lowest BCUT2D eigenvalue weighted by Crippen LogP contribution is -2.46. The fourth-order valence-electron chi connectivity index (χ4n) is 6.96. The number of nitrogens with one attached hydrogen (secondary N) is 7. The van der Waals surface area contributed by atoms with Crippen LogP contribution in [0.1, 0.15) is 194 Å². The van der Waals surface area contributed by atoms with Gasteiger partial charge in [-0.15, -0.1) is 0 Å². The number of aliphatic hydroxyl groups is 2. The third-order valence-electron chi connectivity index (χ3n) is 10.9. The molecular formula is C46H92N8O4S3. The van der Waals surface area contributed by atoms with E-state index in [1.54, 1.807) is 6.92 Å². The van der Waals surface area contributed by atoms with E-state index < -0.39 is 12.2 Å². The second-order valence-corrected chi connectivity index (χ2v) is 17.9. The predicted octanol–water partition coefficient (Wildman–Crippen LogP) is 7.64. The molecule has 61 heavy (non-hydrogen) atoms. The molecule has 2 amide bonds. The lowest BCUT2D eigenvalue weighted by molar-refractivity contribution is -0.133. The van der Waals surface area contributed by atoms with E-state index in [2.05, 4.69) is 51.1 Å². The van der Waals surface area contributed by atoms with Crippen molar-refractivity contribution in [2.75, 3.05) is 58.9 Å². The van der Waals surface area contributed by atoms with Crippen LogP contribution in [-0.4, -0.2) is 113 Å². The number of hydrogen-bond donors (Lipinski definition) is 9. The monoisotopic (exact) mass is 917 g/mol. The Bertz CT molecular complexity index is 1060. The van der Waals surface area contributed by atoms with Crippen LogP contribution in [-0.2, 0) is 9.59 Å². The van der Waals surface area contributed by atoms with Gasteiger partial charge in [0.1, 0.15) is 0 Å². The summed E-state index contributed by atoms with van der Waals surface area (Å²) in [4.78, 5) is 28.0. The molecule has 0 aromatic heterocycles. The van der Waals surface area contributed by atoms with Crippen molar-refractivity contribution >= 4 is 63.8 Å². The van der Waals surface area contributed by atoms with Gasteiger partial charge in [0.15, 0.2) is 15.3 Å². The van der Waals surface area contributed by atoms with Crippen molar-refractivity contribution in [3.05, 3.63) is 0 Å². The van der Waals surface area contributed by atoms with Crippen LogP contribution in [0.5, 0.6) is 0 Å². The van der Waals surface area contributed by atoms with E-state index in [1.165, 1.54) is 141 Å². The van der Waals surface area contributed by atoms with Gasteiger partial charge in [0.2, 0.25) is 11.8 Å². The van der Waals surface area contributed by atoms with E-state index in [0.29, 0.717) is 67.6 Å². The van der Waals surface area contributed by atoms with Crippen molar-refractivity contribution in [2.45, 2.75) is 206 Å². The first-order valence-electron chi connectivity index (χ1n) is 24.6. The summed E-state index contributed by atoms with van der Waals surface area (Å²) in [5.74, 6) is -0.0138. The minimum atomic E-state index is -0.781. The number of thiocarbonyl (C=S) groups is 3. The summed E-state index contributed by atoms with van der Waals surface area (Å²) >= 11 is 15.9. The van der Waals surface area contributed by atoms with Gasteiger partial charge in [-0.05, 0) is 62.8 Å². The molecular weight excluding hydrogens is 825 g/mol. The normalized spacial score (nSPS) is 12.0. The molecule has 0 spiro atoms. The lowest BCUT2D eigenvalue weighted by atomic mass is 10.0. The summed E-state index contributed by atoms with van der Waals surface area (Å²) in [6.07, 6.45) is 30.5. The Labute approximate surface area is 389 Å². The molecule has 0 aliphatic heterocycles. The molecule has 2 unspecified atom stereocenters. The zero-order valence-electron chi connectivity index (χ0n) is 39.0. The molecule has 0 fully saturated rings. The standard InChI is InChI=1S/C46H92N8O4S3/c1-4-6-8-10-12-14-16-18-20-22-24-26-38-54(39-27-25-23-21-19-17-15-13-11-9-7-5-2)43(58)29-28-42(57)47-32-33-49-45(60)51-36-37-53-46(61)52-35-34-50-44(59)48-31-30-41(56)40(3)55/h40-41,55-56H,4-39H2,1-3H3,(H,47,57)(H2,48,50,59)(H2,49,51,60)(H2,52,53,61). The Kier molecular flexibility index (Phi) is 43.0. The predicted molar refractivity (Wildman–Crippen MR) is 269 cm³/mol. The zero-order chi connectivity index (χ0) is 45.0. The molecule has 0 radical (unpaired) electrons. The number of aliphatic hydroxyl groups excluding tert-OH is 2. The van der Waals surface area contributed by atoms with Gasteiger partial charge in [-0.3, -0.25) is 9.59 Å². The number of unbranched alkanes of at least 4 members (excludes halogenated alkanes) is 22. The molecule has 0 rings (SSSR count).